The fraction of sp³-hybridized carbons (Fsp3) is 0.778. The Morgan fingerprint density at radius 1 is 1.36 bits per heavy atom. The fourth-order valence-corrected chi connectivity index (χ4v) is 1.78. The second-order valence-corrected chi connectivity index (χ2v) is 4.70. The Hall–Kier alpha value is -0.580. The number of carbonyl (C=O) groups excluding carboxylic acids is 2. The van der Waals surface area contributed by atoms with E-state index in [1.165, 1.54) is 4.90 Å². The van der Waals surface area contributed by atoms with Crippen molar-refractivity contribution in [1.29, 1.82) is 0 Å². The van der Waals surface area contributed by atoms with Crippen LogP contribution in [0.25, 0.3) is 0 Å². The number of urea groups is 1. The predicted octanol–water partition coefficient (Wildman–Crippen LogP) is 1.49. The van der Waals surface area contributed by atoms with Gasteiger partial charge in [-0.05, 0) is 26.7 Å². The van der Waals surface area contributed by atoms with Gasteiger partial charge in [-0.2, -0.15) is 0 Å². The van der Waals surface area contributed by atoms with Gasteiger partial charge in [-0.25, -0.2) is 4.79 Å². The van der Waals surface area contributed by atoms with Gasteiger partial charge in [0, 0.05) is 11.9 Å². The maximum atomic E-state index is 11.7. The Balaban J connectivity index is 2.53. The maximum absolute atomic E-state index is 11.7. The van der Waals surface area contributed by atoms with Crippen molar-refractivity contribution in [2.24, 2.45) is 0 Å². The van der Waals surface area contributed by atoms with Crippen LogP contribution in [0.3, 0.4) is 0 Å². The molecule has 80 valence electrons. The number of nitrogens with zero attached hydrogens (tertiary/aromatic N) is 1. The molecule has 0 unspecified atom stereocenters. The third-order valence-corrected chi connectivity index (χ3v) is 2.77. The zero-order valence-corrected chi connectivity index (χ0v) is 10.1. The highest BCUT2D eigenvalue weighted by Gasteiger charge is 2.43. The van der Waals surface area contributed by atoms with E-state index >= 15 is 0 Å². The molecule has 1 heterocycles. The normalized spacial score (nSPS) is 20.1. The average molecular weight is 263 g/mol. The molecule has 0 spiro atoms. The highest BCUT2D eigenvalue weighted by atomic mass is 79.9. The standard InChI is InChI=1S/C9H15BrN2O2/c1-9(2)7(13)12(8(14)11-9)6-4-3-5-10/h3-6H2,1-2H3,(H,11,14). The van der Waals surface area contributed by atoms with E-state index in [0.29, 0.717) is 6.54 Å². The molecule has 0 aromatic heterocycles. The molecule has 0 bridgehead atoms. The second-order valence-electron chi connectivity index (χ2n) is 3.91. The van der Waals surface area contributed by atoms with Gasteiger partial charge in [0.25, 0.3) is 5.91 Å². The number of unbranched alkanes of at least 4 members (excludes halogenated alkanes) is 1. The van der Waals surface area contributed by atoms with E-state index in [0.717, 1.165) is 18.2 Å². The summed E-state index contributed by atoms with van der Waals surface area (Å²) in [6.07, 6.45) is 1.82. The summed E-state index contributed by atoms with van der Waals surface area (Å²) in [4.78, 5) is 24.3. The van der Waals surface area contributed by atoms with Gasteiger partial charge in [0.2, 0.25) is 0 Å². The summed E-state index contributed by atoms with van der Waals surface area (Å²) in [6.45, 7) is 3.95. The summed E-state index contributed by atoms with van der Waals surface area (Å²) in [5.74, 6) is -0.128. The number of carbonyl (C=O) groups is 2. The minimum absolute atomic E-state index is 0.128. The minimum atomic E-state index is -0.731. The summed E-state index contributed by atoms with van der Waals surface area (Å²) in [6, 6.07) is -0.269. The number of nitrogens with one attached hydrogen (secondary N) is 1. The average Bonchev–Trinajstić information content (AvgIpc) is 2.27. The van der Waals surface area contributed by atoms with Gasteiger partial charge >= 0.3 is 6.03 Å². The van der Waals surface area contributed by atoms with Crippen LogP contribution in [0.4, 0.5) is 4.79 Å². The Bertz CT molecular complexity index is 253. The molecule has 0 aromatic rings. The molecule has 0 atom stereocenters. The summed E-state index contributed by atoms with van der Waals surface area (Å²) < 4.78 is 0. The third kappa shape index (κ3) is 2.26. The van der Waals surface area contributed by atoms with E-state index in [9.17, 15) is 9.59 Å². The number of imide groups is 1. The molecule has 14 heavy (non-hydrogen) atoms. The van der Waals surface area contributed by atoms with Gasteiger partial charge in [-0.1, -0.05) is 15.9 Å². The summed E-state index contributed by atoms with van der Waals surface area (Å²) >= 11 is 3.31. The van der Waals surface area contributed by atoms with Crippen LogP contribution in [0.5, 0.6) is 0 Å². The van der Waals surface area contributed by atoms with Crippen LogP contribution in [-0.4, -0.2) is 34.3 Å². The highest BCUT2D eigenvalue weighted by molar-refractivity contribution is 9.09. The second kappa shape index (κ2) is 4.29. The van der Waals surface area contributed by atoms with Crippen LogP contribution in [0.15, 0.2) is 0 Å². The lowest BCUT2D eigenvalue weighted by molar-refractivity contribution is -0.130. The first-order valence-corrected chi connectivity index (χ1v) is 5.81. The van der Waals surface area contributed by atoms with Gasteiger partial charge in [0.05, 0.1) is 0 Å². The molecule has 4 nitrogen and oxygen atoms in total. The van der Waals surface area contributed by atoms with Crippen LogP contribution >= 0.6 is 15.9 Å². The minimum Gasteiger partial charge on any atom is -0.324 e. The lowest BCUT2D eigenvalue weighted by Crippen LogP contribution is -2.40. The van der Waals surface area contributed by atoms with Crippen molar-refractivity contribution in [3.63, 3.8) is 0 Å². The zero-order chi connectivity index (χ0) is 10.8. The molecule has 0 radical (unpaired) electrons. The lowest BCUT2D eigenvalue weighted by Gasteiger charge is -2.15. The first-order chi connectivity index (χ1) is 6.49. The van der Waals surface area contributed by atoms with Crippen molar-refractivity contribution in [3.05, 3.63) is 0 Å². The highest BCUT2D eigenvalue weighted by Crippen LogP contribution is 2.16. The van der Waals surface area contributed by atoms with Gasteiger partial charge in [-0.3, -0.25) is 9.69 Å². The van der Waals surface area contributed by atoms with Crippen molar-refractivity contribution in [2.75, 3.05) is 11.9 Å². The first-order valence-electron chi connectivity index (χ1n) is 4.69. The van der Waals surface area contributed by atoms with E-state index in [-0.39, 0.29) is 11.9 Å². The van der Waals surface area contributed by atoms with Crippen molar-refractivity contribution < 1.29 is 9.59 Å². The number of alkyl halides is 1. The monoisotopic (exact) mass is 262 g/mol. The number of amides is 3. The van der Waals surface area contributed by atoms with E-state index in [1.807, 2.05) is 0 Å². The molecule has 1 N–H and O–H groups in total. The molecule has 0 aliphatic carbocycles. The van der Waals surface area contributed by atoms with Crippen LogP contribution in [0.2, 0.25) is 0 Å². The predicted molar refractivity (Wildman–Crippen MR) is 57.4 cm³/mol. The Morgan fingerprint density at radius 2 is 2.00 bits per heavy atom. The van der Waals surface area contributed by atoms with E-state index in [4.69, 9.17) is 0 Å². The zero-order valence-electron chi connectivity index (χ0n) is 8.47. The Kier molecular flexibility index (Phi) is 3.53. The fourth-order valence-electron chi connectivity index (χ4n) is 1.39. The van der Waals surface area contributed by atoms with Crippen molar-refractivity contribution >= 4 is 27.9 Å². The van der Waals surface area contributed by atoms with Gasteiger partial charge in [0.1, 0.15) is 5.54 Å². The van der Waals surface area contributed by atoms with Crippen LogP contribution in [0, 0.1) is 0 Å². The summed E-state index contributed by atoms with van der Waals surface area (Å²) in [5.41, 5.74) is -0.731. The Morgan fingerprint density at radius 3 is 2.43 bits per heavy atom. The van der Waals surface area contributed by atoms with Gasteiger partial charge < -0.3 is 5.32 Å². The van der Waals surface area contributed by atoms with E-state index < -0.39 is 5.54 Å². The maximum Gasteiger partial charge on any atom is 0.325 e. The van der Waals surface area contributed by atoms with Crippen LogP contribution in [-0.2, 0) is 4.79 Å². The molecule has 1 saturated heterocycles. The molecule has 3 amide bonds. The summed E-state index contributed by atoms with van der Waals surface area (Å²) in [7, 11) is 0. The lowest BCUT2D eigenvalue weighted by atomic mass is 10.1. The SMILES string of the molecule is CC1(C)NC(=O)N(CCCCBr)C1=O. The molecule has 1 aliphatic rings. The smallest absolute Gasteiger partial charge is 0.324 e. The molecular weight excluding hydrogens is 248 g/mol. The van der Waals surface area contributed by atoms with Gasteiger partial charge in [-0.15, -0.1) is 0 Å². The molecule has 0 saturated carbocycles. The number of hydrogen-bond donors (Lipinski definition) is 1. The van der Waals surface area contributed by atoms with Crippen molar-refractivity contribution in [1.82, 2.24) is 10.2 Å². The number of halogens is 1. The first kappa shape index (κ1) is 11.5. The topological polar surface area (TPSA) is 49.4 Å². The van der Waals surface area contributed by atoms with Crippen molar-refractivity contribution in [3.8, 4) is 0 Å². The van der Waals surface area contributed by atoms with Crippen LogP contribution < -0.4 is 5.32 Å². The quantitative estimate of drug-likeness (QED) is 0.474. The number of hydrogen-bond acceptors (Lipinski definition) is 2. The Labute approximate surface area is 92.2 Å². The van der Waals surface area contributed by atoms with E-state index in [2.05, 4.69) is 21.2 Å². The molecule has 1 rings (SSSR count). The molecule has 1 aliphatic heterocycles. The summed E-state index contributed by atoms with van der Waals surface area (Å²) in [5, 5.41) is 3.55. The van der Waals surface area contributed by atoms with Crippen molar-refractivity contribution in [2.45, 2.75) is 32.2 Å². The largest absolute Gasteiger partial charge is 0.325 e. The van der Waals surface area contributed by atoms with Gasteiger partial charge in [0.15, 0.2) is 0 Å². The molecule has 1 fully saturated rings. The molecule has 5 heteroatoms. The third-order valence-electron chi connectivity index (χ3n) is 2.21. The molecule has 0 aromatic carbocycles. The van der Waals surface area contributed by atoms with Crippen LogP contribution in [0.1, 0.15) is 26.7 Å². The number of rotatable bonds is 4. The molecular formula is C9H15BrN2O2. The van der Waals surface area contributed by atoms with E-state index in [1.54, 1.807) is 13.8 Å².